The van der Waals surface area contributed by atoms with Crippen LogP contribution in [0.15, 0.2) is 36.4 Å². The number of nitrogens with two attached hydrogens (primary N) is 1. The molecule has 0 atom stereocenters. The molecule has 0 aliphatic heterocycles. The van der Waals surface area contributed by atoms with Gasteiger partial charge in [-0.05, 0) is 30.7 Å². The van der Waals surface area contributed by atoms with Crippen LogP contribution in [0.2, 0.25) is 0 Å². The number of halogens is 1. The van der Waals surface area contributed by atoms with Gasteiger partial charge in [0.15, 0.2) is 0 Å². The van der Waals surface area contributed by atoms with Gasteiger partial charge < -0.3 is 10.5 Å². The lowest BCUT2D eigenvalue weighted by atomic mass is 10.1. The van der Waals surface area contributed by atoms with Crippen molar-refractivity contribution in [2.24, 2.45) is 0 Å². The molecule has 0 aliphatic rings. The summed E-state index contributed by atoms with van der Waals surface area (Å²) >= 11 is 0. The molecule has 4 nitrogen and oxygen atoms in total. The average Bonchev–Trinajstić information content (AvgIpc) is 2.48. The Hall–Kier alpha value is -2.87. The van der Waals surface area contributed by atoms with Gasteiger partial charge in [-0.2, -0.15) is 5.26 Å². The highest BCUT2D eigenvalue weighted by Gasteiger charge is 2.16. The number of carbonyl (C=O) groups is 1. The van der Waals surface area contributed by atoms with E-state index >= 15 is 0 Å². The fraction of sp³-hybridized carbons (Fsp3) is 0.125. The lowest BCUT2D eigenvalue weighted by Gasteiger charge is -2.09. The molecule has 0 spiro atoms. The summed E-state index contributed by atoms with van der Waals surface area (Å²) in [5.74, 6) is -1.46. The fourth-order valence-corrected chi connectivity index (χ4v) is 1.92. The number of aryl methyl sites for hydroxylation is 1. The number of nitrogen functional groups attached to an aromatic ring is 1. The second-order valence-electron chi connectivity index (χ2n) is 4.54. The molecule has 0 bridgehead atoms. The van der Waals surface area contributed by atoms with Gasteiger partial charge in [-0.1, -0.05) is 18.2 Å². The normalized spacial score (nSPS) is 9.95. The molecular formula is C16H13FN2O2. The third-order valence-electron chi connectivity index (χ3n) is 2.99. The molecule has 0 aromatic heterocycles. The standard InChI is InChI=1S/C16H13FN2O2/c1-10-6-13(19)7-14(15(10)17)16(20)21-9-12-5-3-2-4-11(12)8-18/h2-7H,9,19H2,1H3. The van der Waals surface area contributed by atoms with Crippen LogP contribution in [-0.2, 0) is 11.3 Å². The van der Waals surface area contributed by atoms with Gasteiger partial charge in [0.1, 0.15) is 12.4 Å². The fourth-order valence-electron chi connectivity index (χ4n) is 1.92. The van der Waals surface area contributed by atoms with E-state index in [1.165, 1.54) is 19.1 Å². The van der Waals surface area contributed by atoms with Crippen LogP contribution in [0.4, 0.5) is 10.1 Å². The molecule has 21 heavy (non-hydrogen) atoms. The van der Waals surface area contributed by atoms with Crippen LogP contribution in [0.5, 0.6) is 0 Å². The van der Waals surface area contributed by atoms with Crippen molar-refractivity contribution < 1.29 is 13.9 Å². The molecule has 106 valence electrons. The Morgan fingerprint density at radius 3 is 2.81 bits per heavy atom. The number of nitrogens with zero attached hydrogens (tertiary/aromatic N) is 1. The van der Waals surface area contributed by atoms with E-state index in [4.69, 9.17) is 15.7 Å². The summed E-state index contributed by atoms with van der Waals surface area (Å²) in [7, 11) is 0. The minimum absolute atomic E-state index is 0.101. The third-order valence-corrected chi connectivity index (χ3v) is 2.99. The summed E-state index contributed by atoms with van der Waals surface area (Å²) in [6, 6.07) is 11.4. The number of anilines is 1. The first kappa shape index (κ1) is 14.5. The Morgan fingerprint density at radius 2 is 2.10 bits per heavy atom. The highest BCUT2D eigenvalue weighted by Crippen LogP contribution is 2.19. The van der Waals surface area contributed by atoms with Crippen molar-refractivity contribution in [3.8, 4) is 6.07 Å². The second kappa shape index (κ2) is 6.06. The Kier molecular flexibility index (Phi) is 4.19. The van der Waals surface area contributed by atoms with E-state index in [2.05, 4.69) is 0 Å². The number of esters is 1. The lowest BCUT2D eigenvalue weighted by molar-refractivity contribution is 0.0467. The molecule has 0 aliphatic carbocycles. The molecule has 0 saturated carbocycles. The number of nitriles is 1. The van der Waals surface area contributed by atoms with E-state index in [1.807, 2.05) is 6.07 Å². The highest BCUT2D eigenvalue weighted by atomic mass is 19.1. The molecule has 2 aromatic carbocycles. The van der Waals surface area contributed by atoms with Crippen molar-refractivity contribution in [1.82, 2.24) is 0 Å². The molecule has 2 rings (SSSR count). The van der Waals surface area contributed by atoms with Crippen molar-refractivity contribution in [2.75, 3.05) is 5.73 Å². The van der Waals surface area contributed by atoms with Crippen LogP contribution >= 0.6 is 0 Å². The summed E-state index contributed by atoms with van der Waals surface area (Å²) in [6.45, 7) is 1.42. The monoisotopic (exact) mass is 284 g/mol. The van der Waals surface area contributed by atoms with E-state index in [0.29, 0.717) is 16.8 Å². The van der Waals surface area contributed by atoms with Gasteiger partial charge in [0.25, 0.3) is 0 Å². The first-order valence-corrected chi connectivity index (χ1v) is 6.23. The quantitative estimate of drug-likeness (QED) is 0.694. The minimum atomic E-state index is -0.810. The largest absolute Gasteiger partial charge is 0.457 e. The molecule has 0 amide bonds. The molecule has 5 heteroatoms. The maximum atomic E-state index is 13.9. The molecule has 2 N–H and O–H groups in total. The Labute approximate surface area is 121 Å². The van der Waals surface area contributed by atoms with Crippen molar-refractivity contribution in [1.29, 1.82) is 5.26 Å². The topological polar surface area (TPSA) is 76.1 Å². The summed E-state index contributed by atoms with van der Waals surface area (Å²) in [6.07, 6.45) is 0. The average molecular weight is 284 g/mol. The molecule has 0 saturated heterocycles. The minimum Gasteiger partial charge on any atom is -0.457 e. The Balaban J connectivity index is 2.18. The van der Waals surface area contributed by atoms with Crippen molar-refractivity contribution in [2.45, 2.75) is 13.5 Å². The first-order valence-electron chi connectivity index (χ1n) is 6.23. The maximum Gasteiger partial charge on any atom is 0.341 e. The number of rotatable bonds is 3. The van der Waals surface area contributed by atoms with Crippen LogP contribution in [0, 0.1) is 24.1 Å². The zero-order chi connectivity index (χ0) is 15.4. The van der Waals surface area contributed by atoms with Crippen molar-refractivity contribution in [3.05, 3.63) is 64.5 Å². The summed E-state index contributed by atoms with van der Waals surface area (Å²) in [5.41, 5.74) is 6.94. The van der Waals surface area contributed by atoms with Crippen molar-refractivity contribution >= 4 is 11.7 Å². The number of hydrogen-bond acceptors (Lipinski definition) is 4. The van der Waals surface area contributed by atoms with E-state index in [-0.39, 0.29) is 17.7 Å². The van der Waals surface area contributed by atoms with Gasteiger partial charge in [-0.25, -0.2) is 9.18 Å². The molecule has 0 unspecified atom stereocenters. The van der Waals surface area contributed by atoms with E-state index in [1.54, 1.807) is 24.3 Å². The summed E-state index contributed by atoms with van der Waals surface area (Å²) in [5, 5.41) is 8.95. The van der Waals surface area contributed by atoms with Gasteiger partial charge in [0, 0.05) is 11.3 Å². The molecule has 0 fully saturated rings. The predicted octanol–water partition coefficient (Wildman–Crippen LogP) is 2.95. The number of carbonyl (C=O) groups excluding carboxylic acids is 1. The van der Waals surface area contributed by atoms with Gasteiger partial charge >= 0.3 is 5.97 Å². The Morgan fingerprint density at radius 1 is 1.38 bits per heavy atom. The lowest BCUT2D eigenvalue weighted by Crippen LogP contribution is -2.10. The van der Waals surface area contributed by atoms with Gasteiger partial charge in [-0.3, -0.25) is 0 Å². The molecule has 2 aromatic rings. The Bertz CT molecular complexity index is 736. The van der Waals surface area contributed by atoms with Gasteiger partial charge in [0.05, 0.1) is 17.2 Å². The second-order valence-corrected chi connectivity index (χ2v) is 4.54. The van der Waals surface area contributed by atoms with E-state index in [0.717, 1.165) is 0 Å². The first-order chi connectivity index (χ1) is 10.0. The summed E-state index contributed by atoms with van der Waals surface area (Å²) in [4.78, 5) is 11.9. The van der Waals surface area contributed by atoms with Crippen LogP contribution in [0.3, 0.4) is 0 Å². The van der Waals surface area contributed by atoms with Crippen LogP contribution in [-0.4, -0.2) is 5.97 Å². The van der Waals surface area contributed by atoms with Gasteiger partial charge in [-0.15, -0.1) is 0 Å². The number of hydrogen-bond donors (Lipinski definition) is 1. The zero-order valence-corrected chi connectivity index (χ0v) is 11.4. The predicted molar refractivity (Wildman–Crippen MR) is 75.8 cm³/mol. The van der Waals surface area contributed by atoms with Crippen molar-refractivity contribution in [3.63, 3.8) is 0 Å². The molecular weight excluding hydrogens is 271 g/mol. The van der Waals surface area contributed by atoms with Gasteiger partial charge in [0.2, 0.25) is 0 Å². The van der Waals surface area contributed by atoms with Crippen LogP contribution < -0.4 is 5.73 Å². The van der Waals surface area contributed by atoms with E-state index < -0.39 is 11.8 Å². The van der Waals surface area contributed by atoms with Crippen LogP contribution in [0.25, 0.3) is 0 Å². The number of ether oxygens (including phenoxy) is 1. The SMILES string of the molecule is Cc1cc(N)cc(C(=O)OCc2ccccc2C#N)c1F. The third kappa shape index (κ3) is 3.18. The number of benzene rings is 2. The van der Waals surface area contributed by atoms with Crippen LogP contribution in [0.1, 0.15) is 27.0 Å². The zero-order valence-electron chi connectivity index (χ0n) is 11.4. The van der Waals surface area contributed by atoms with E-state index in [9.17, 15) is 9.18 Å². The molecule has 0 heterocycles. The maximum absolute atomic E-state index is 13.9. The smallest absolute Gasteiger partial charge is 0.341 e. The summed E-state index contributed by atoms with van der Waals surface area (Å²) < 4.78 is 19.0. The highest BCUT2D eigenvalue weighted by molar-refractivity contribution is 5.91. The molecule has 0 radical (unpaired) electrons.